The van der Waals surface area contributed by atoms with Crippen LogP contribution in [0, 0.1) is 17.0 Å². The van der Waals surface area contributed by atoms with Crippen LogP contribution in [0.3, 0.4) is 0 Å². The summed E-state index contributed by atoms with van der Waals surface area (Å²) in [5, 5.41) is 12.1. The number of aryl methyl sites for hydroxylation is 1. The van der Waals surface area contributed by atoms with Gasteiger partial charge in [-0.05, 0) is 19.1 Å². The number of thiazole rings is 1. The maximum Gasteiger partial charge on any atom is 0.288 e. The number of benzene rings is 1. The monoisotopic (exact) mass is 269 g/mol. The molecule has 0 fully saturated rings. The van der Waals surface area contributed by atoms with Crippen LogP contribution in [0.15, 0.2) is 18.2 Å². The summed E-state index contributed by atoms with van der Waals surface area (Å²) in [6, 6.07) is 4.58. The van der Waals surface area contributed by atoms with Crippen molar-refractivity contribution in [3.8, 4) is 10.6 Å². The maximum atomic E-state index is 10.8. The molecule has 1 heterocycles. The Morgan fingerprint density at radius 3 is 2.76 bits per heavy atom. The molecule has 0 amide bonds. The van der Waals surface area contributed by atoms with E-state index in [0.717, 1.165) is 5.69 Å². The Morgan fingerprint density at radius 1 is 1.53 bits per heavy atom. The Morgan fingerprint density at radius 2 is 2.24 bits per heavy atom. The summed E-state index contributed by atoms with van der Waals surface area (Å²) < 4.78 is 0. The van der Waals surface area contributed by atoms with Crippen molar-refractivity contribution >= 4 is 33.6 Å². The quantitative estimate of drug-likeness (QED) is 0.670. The first-order valence-corrected chi connectivity index (χ1v) is 5.85. The third-order valence-corrected chi connectivity index (χ3v) is 3.58. The normalized spacial score (nSPS) is 10.5. The first-order valence-electron chi connectivity index (χ1n) is 4.66. The first-order chi connectivity index (χ1) is 7.99. The third kappa shape index (κ3) is 2.22. The molecule has 17 heavy (non-hydrogen) atoms. The van der Waals surface area contributed by atoms with Gasteiger partial charge in [0.1, 0.15) is 15.0 Å². The first kappa shape index (κ1) is 11.8. The zero-order valence-electron chi connectivity index (χ0n) is 8.81. The Kier molecular flexibility index (Phi) is 2.99. The molecule has 0 atom stereocenters. The van der Waals surface area contributed by atoms with Gasteiger partial charge in [0.2, 0.25) is 0 Å². The lowest BCUT2D eigenvalue weighted by Crippen LogP contribution is -1.89. The fourth-order valence-corrected chi connectivity index (χ4v) is 2.33. The molecule has 0 unspecified atom stereocenters. The van der Waals surface area contributed by atoms with Crippen molar-refractivity contribution in [3.05, 3.63) is 39.0 Å². The van der Waals surface area contributed by atoms with E-state index in [1.165, 1.54) is 23.5 Å². The summed E-state index contributed by atoms with van der Waals surface area (Å²) >= 11 is 7.03. The number of nitro groups is 1. The van der Waals surface area contributed by atoms with E-state index in [2.05, 4.69) is 4.98 Å². The van der Waals surface area contributed by atoms with Gasteiger partial charge in [0.05, 0.1) is 10.6 Å². The van der Waals surface area contributed by atoms with Crippen LogP contribution in [-0.4, -0.2) is 9.91 Å². The number of nitrogens with zero attached hydrogens (tertiary/aromatic N) is 2. The minimum atomic E-state index is -0.518. The van der Waals surface area contributed by atoms with Gasteiger partial charge in [0.25, 0.3) is 5.69 Å². The molecule has 0 saturated carbocycles. The van der Waals surface area contributed by atoms with E-state index in [9.17, 15) is 10.1 Å². The van der Waals surface area contributed by atoms with Crippen molar-refractivity contribution < 1.29 is 4.92 Å². The molecule has 0 spiro atoms. The maximum absolute atomic E-state index is 10.8. The lowest BCUT2D eigenvalue weighted by Gasteiger charge is -1.98. The molecule has 2 aromatic rings. The van der Waals surface area contributed by atoms with E-state index >= 15 is 0 Å². The number of aromatic nitrogens is 1. The highest BCUT2D eigenvalue weighted by atomic mass is 35.5. The molecular formula is C10H8ClN3O2S. The van der Waals surface area contributed by atoms with Crippen LogP contribution in [0.4, 0.5) is 10.7 Å². The van der Waals surface area contributed by atoms with Gasteiger partial charge in [-0.1, -0.05) is 22.9 Å². The fourth-order valence-electron chi connectivity index (χ4n) is 1.32. The summed E-state index contributed by atoms with van der Waals surface area (Å²) in [6.45, 7) is 1.79. The van der Waals surface area contributed by atoms with Gasteiger partial charge in [-0.15, -0.1) is 0 Å². The number of nitrogens with two attached hydrogens (primary N) is 1. The standard InChI is InChI=1S/C10H8ClN3O2S/c1-5-9(12)17-10(13-5)6-2-3-7(11)8(4-6)14(15)16/h2-4H,12H2,1H3. The lowest BCUT2D eigenvalue weighted by atomic mass is 10.2. The van der Waals surface area contributed by atoms with E-state index < -0.39 is 4.92 Å². The van der Waals surface area contributed by atoms with Crippen LogP contribution in [0.5, 0.6) is 0 Å². The summed E-state index contributed by atoms with van der Waals surface area (Å²) in [6.07, 6.45) is 0. The Balaban J connectivity index is 2.53. The highest BCUT2D eigenvalue weighted by Gasteiger charge is 2.15. The van der Waals surface area contributed by atoms with Crippen LogP contribution in [0.1, 0.15) is 5.69 Å². The molecule has 2 N–H and O–H groups in total. The molecule has 0 radical (unpaired) electrons. The van der Waals surface area contributed by atoms with Crippen LogP contribution >= 0.6 is 22.9 Å². The predicted molar refractivity (Wildman–Crippen MR) is 68.4 cm³/mol. The molecule has 0 aliphatic carbocycles. The number of nitro benzene ring substituents is 1. The number of rotatable bonds is 2. The second-order valence-corrected chi connectivity index (χ2v) is 4.83. The largest absolute Gasteiger partial charge is 0.389 e. The van der Waals surface area contributed by atoms with Gasteiger partial charge in [0, 0.05) is 11.6 Å². The van der Waals surface area contributed by atoms with E-state index in [4.69, 9.17) is 17.3 Å². The van der Waals surface area contributed by atoms with E-state index in [1.54, 1.807) is 13.0 Å². The van der Waals surface area contributed by atoms with Gasteiger partial charge in [-0.3, -0.25) is 10.1 Å². The molecule has 0 saturated heterocycles. The SMILES string of the molecule is Cc1nc(-c2ccc(Cl)c([N+](=O)[O-])c2)sc1N. The lowest BCUT2D eigenvalue weighted by molar-refractivity contribution is -0.384. The molecule has 1 aromatic heterocycles. The molecule has 0 aliphatic rings. The molecule has 1 aromatic carbocycles. The van der Waals surface area contributed by atoms with Gasteiger partial charge in [-0.2, -0.15) is 0 Å². The number of hydrogen-bond acceptors (Lipinski definition) is 5. The highest BCUT2D eigenvalue weighted by Crippen LogP contribution is 2.34. The number of hydrogen-bond donors (Lipinski definition) is 1. The van der Waals surface area contributed by atoms with Crippen molar-refractivity contribution in [2.75, 3.05) is 5.73 Å². The summed E-state index contributed by atoms with van der Waals surface area (Å²) in [4.78, 5) is 14.5. The van der Waals surface area contributed by atoms with Crippen LogP contribution in [0.25, 0.3) is 10.6 Å². The average Bonchev–Trinajstić information content (AvgIpc) is 2.59. The van der Waals surface area contributed by atoms with Crippen molar-refractivity contribution in [1.29, 1.82) is 0 Å². The molecule has 0 bridgehead atoms. The van der Waals surface area contributed by atoms with Gasteiger partial charge < -0.3 is 5.73 Å². The van der Waals surface area contributed by atoms with Gasteiger partial charge in [-0.25, -0.2) is 4.98 Å². The van der Waals surface area contributed by atoms with E-state index in [1.807, 2.05) is 0 Å². The zero-order valence-corrected chi connectivity index (χ0v) is 10.4. The summed E-state index contributed by atoms with van der Waals surface area (Å²) in [5.41, 5.74) is 6.94. The molecule has 5 nitrogen and oxygen atoms in total. The van der Waals surface area contributed by atoms with Crippen molar-refractivity contribution in [2.45, 2.75) is 6.92 Å². The molecule has 88 valence electrons. The number of anilines is 1. The topological polar surface area (TPSA) is 82.0 Å². The summed E-state index contributed by atoms with van der Waals surface area (Å²) in [7, 11) is 0. The smallest absolute Gasteiger partial charge is 0.288 e. The second kappa shape index (κ2) is 4.31. The molecule has 7 heteroatoms. The van der Waals surface area contributed by atoms with Crippen LogP contribution < -0.4 is 5.73 Å². The van der Waals surface area contributed by atoms with E-state index in [0.29, 0.717) is 15.6 Å². The van der Waals surface area contributed by atoms with Crippen LogP contribution in [0.2, 0.25) is 5.02 Å². The minimum Gasteiger partial charge on any atom is -0.389 e. The van der Waals surface area contributed by atoms with Crippen LogP contribution in [-0.2, 0) is 0 Å². The predicted octanol–water partition coefficient (Wildman–Crippen LogP) is 3.26. The Hall–Kier alpha value is -1.66. The Labute approximate surface area is 106 Å². The third-order valence-electron chi connectivity index (χ3n) is 2.22. The molecular weight excluding hydrogens is 262 g/mol. The Bertz CT molecular complexity index is 578. The summed E-state index contributed by atoms with van der Waals surface area (Å²) in [5.74, 6) is 0. The zero-order chi connectivity index (χ0) is 12.6. The van der Waals surface area contributed by atoms with Gasteiger partial charge >= 0.3 is 0 Å². The van der Waals surface area contributed by atoms with Crippen molar-refractivity contribution in [3.63, 3.8) is 0 Å². The second-order valence-electron chi connectivity index (χ2n) is 3.39. The van der Waals surface area contributed by atoms with Crippen molar-refractivity contribution in [1.82, 2.24) is 4.98 Å². The fraction of sp³-hybridized carbons (Fsp3) is 0.100. The number of nitrogen functional groups attached to an aromatic ring is 1. The van der Waals surface area contributed by atoms with Crippen molar-refractivity contribution in [2.24, 2.45) is 0 Å². The number of halogens is 1. The minimum absolute atomic E-state index is 0.111. The van der Waals surface area contributed by atoms with E-state index in [-0.39, 0.29) is 10.7 Å². The average molecular weight is 270 g/mol. The van der Waals surface area contributed by atoms with Gasteiger partial charge in [0.15, 0.2) is 0 Å². The highest BCUT2D eigenvalue weighted by molar-refractivity contribution is 7.18. The molecule has 0 aliphatic heterocycles. The molecule has 2 rings (SSSR count).